The van der Waals surface area contributed by atoms with E-state index in [0.29, 0.717) is 16.3 Å². The monoisotopic (exact) mass is 283 g/mol. The summed E-state index contributed by atoms with van der Waals surface area (Å²) in [6.07, 6.45) is -2.68. The molecule has 0 unspecified atom stereocenters. The lowest BCUT2D eigenvalue weighted by Gasteiger charge is -2.12. The van der Waals surface area contributed by atoms with Gasteiger partial charge in [0.25, 0.3) is 0 Å². The third-order valence-electron chi connectivity index (χ3n) is 2.55. The minimum atomic E-state index is -4.31. The van der Waals surface area contributed by atoms with Gasteiger partial charge < -0.3 is 0 Å². The van der Waals surface area contributed by atoms with E-state index in [2.05, 4.69) is 4.98 Å². The summed E-state index contributed by atoms with van der Waals surface area (Å²) in [6, 6.07) is 9.17. The maximum absolute atomic E-state index is 12.7. The highest BCUT2D eigenvalue weighted by molar-refractivity contribution is 7.99. The first kappa shape index (κ1) is 13.9. The predicted octanol–water partition coefficient (Wildman–Crippen LogP) is 4.88. The Morgan fingerprint density at radius 2 is 1.95 bits per heavy atom. The molecule has 0 saturated heterocycles. The van der Waals surface area contributed by atoms with E-state index in [4.69, 9.17) is 0 Å². The maximum Gasteiger partial charge on any atom is 0.416 e. The molecule has 2 rings (SSSR count). The van der Waals surface area contributed by atoms with E-state index >= 15 is 0 Å². The third kappa shape index (κ3) is 3.29. The second-order valence-electron chi connectivity index (χ2n) is 3.86. The quantitative estimate of drug-likeness (QED) is 0.745. The van der Waals surface area contributed by atoms with Crippen LogP contribution in [0, 0.1) is 0 Å². The van der Waals surface area contributed by atoms with Crippen LogP contribution in [0.3, 0.4) is 0 Å². The smallest absolute Gasteiger partial charge is 0.256 e. The van der Waals surface area contributed by atoms with Crippen molar-refractivity contribution in [2.75, 3.05) is 5.75 Å². The number of benzene rings is 1. The van der Waals surface area contributed by atoms with Gasteiger partial charge in [-0.2, -0.15) is 13.2 Å². The topological polar surface area (TPSA) is 12.9 Å². The van der Waals surface area contributed by atoms with E-state index in [-0.39, 0.29) is 0 Å². The molecule has 19 heavy (non-hydrogen) atoms. The molecule has 1 nitrogen and oxygen atoms in total. The fourth-order valence-corrected chi connectivity index (χ4v) is 2.56. The summed E-state index contributed by atoms with van der Waals surface area (Å²) in [5, 5.41) is 0. The van der Waals surface area contributed by atoms with E-state index in [1.54, 1.807) is 18.3 Å². The van der Waals surface area contributed by atoms with Gasteiger partial charge in [0.05, 0.1) is 11.3 Å². The van der Waals surface area contributed by atoms with Crippen molar-refractivity contribution in [3.63, 3.8) is 0 Å². The Bertz CT molecular complexity index is 552. The summed E-state index contributed by atoms with van der Waals surface area (Å²) in [4.78, 5) is 4.80. The molecule has 0 N–H and O–H groups in total. The van der Waals surface area contributed by atoms with Gasteiger partial charge >= 0.3 is 6.18 Å². The van der Waals surface area contributed by atoms with E-state index in [1.807, 2.05) is 13.0 Å². The summed E-state index contributed by atoms with van der Waals surface area (Å²) >= 11 is 1.39. The number of thioether (sulfide) groups is 1. The Morgan fingerprint density at radius 3 is 2.53 bits per heavy atom. The fraction of sp³-hybridized carbons (Fsp3) is 0.214. The largest absolute Gasteiger partial charge is 0.416 e. The Hall–Kier alpha value is -1.49. The Balaban J connectivity index is 2.50. The highest BCUT2D eigenvalue weighted by atomic mass is 32.2. The number of halogens is 3. The van der Waals surface area contributed by atoms with Crippen LogP contribution in [0.2, 0.25) is 0 Å². The molecule has 0 radical (unpaired) electrons. The van der Waals surface area contributed by atoms with Gasteiger partial charge in [-0.1, -0.05) is 19.1 Å². The van der Waals surface area contributed by atoms with Crippen LogP contribution in [-0.4, -0.2) is 10.7 Å². The van der Waals surface area contributed by atoms with Crippen LogP contribution in [0.15, 0.2) is 47.5 Å². The number of alkyl halides is 3. The molecule has 1 heterocycles. The van der Waals surface area contributed by atoms with Crippen molar-refractivity contribution < 1.29 is 13.2 Å². The van der Waals surface area contributed by atoms with Gasteiger partial charge in [-0.3, -0.25) is 4.98 Å². The lowest BCUT2D eigenvalue weighted by Crippen LogP contribution is -2.05. The Kier molecular flexibility index (Phi) is 4.14. The lowest BCUT2D eigenvalue weighted by molar-refractivity contribution is -0.137. The molecule has 0 fully saturated rings. The second-order valence-corrected chi connectivity index (χ2v) is 5.16. The SMILES string of the molecule is CCSc1cc(C(F)(F)F)ccc1-c1ccccn1. The molecule has 0 aliphatic carbocycles. The number of nitrogens with zero attached hydrogens (tertiary/aromatic N) is 1. The highest BCUT2D eigenvalue weighted by Crippen LogP contribution is 2.36. The van der Waals surface area contributed by atoms with Crippen molar-refractivity contribution in [1.29, 1.82) is 0 Å². The zero-order valence-corrected chi connectivity index (χ0v) is 11.1. The molecule has 0 aliphatic rings. The van der Waals surface area contributed by atoms with Gasteiger partial charge in [0.15, 0.2) is 0 Å². The summed E-state index contributed by atoms with van der Waals surface area (Å²) in [7, 11) is 0. The van der Waals surface area contributed by atoms with Gasteiger partial charge in [0.1, 0.15) is 0 Å². The number of pyridine rings is 1. The summed E-state index contributed by atoms with van der Waals surface area (Å²) in [6.45, 7) is 1.91. The van der Waals surface area contributed by atoms with Gasteiger partial charge in [-0.15, -0.1) is 11.8 Å². The number of hydrogen-bond acceptors (Lipinski definition) is 2. The van der Waals surface area contributed by atoms with E-state index < -0.39 is 11.7 Å². The third-order valence-corrected chi connectivity index (χ3v) is 3.49. The normalized spacial score (nSPS) is 11.6. The summed E-state index contributed by atoms with van der Waals surface area (Å²) in [5.74, 6) is 0.709. The molecular weight excluding hydrogens is 271 g/mol. The molecular formula is C14H12F3NS. The number of hydrogen-bond donors (Lipinski definition) is 0. The van der Waals surface area contributed by atoms with Crippen molar-refractivity contribution in [1.82, 2.24) is 4.98 Å². The number of aromatic nitrogens is 1. The molecule has 0 bridgehead atoms. The van der Waals surface area contributed by atoms with Crippen LogP contribution in [0.25, 0.3) is 11.3 Å². The first-order valence-electron chi connectivity index (χ1n) is 5.78. The highest BCUT2D eigenvalue weighted by Gasteiger charge is 2.31. The molecule has 0 amide bonds. The Morgan fingerprint density at radius 1 is 1.16 bits per heavy atom. The van der Waals surface area contributed by atoms with Crippen LogP contribution in [0.5, 0.6) is 0 Å². The van der Waals surface area contributed by atoms with Crippen LogP contribution < -0.4 is 0 Å². The molecule has 0 saturated carbocycles. The zero-order valence-electron chi connectivity index (χ0n) is 10.2. The van der Waals surface area contributed by atoms with E-state index in [1.165, 1.54) is 23.9 Å². The van der Waals surface area contributed by atoms with Gasteiger partial charge in [0, 0.05) is 16.7 Å². The van der Waals surface area contributed by atoms with Crippen molar-refractivity contribution in [2.45, 2.75) is 18.0 Å². The molecule has 2 aromatic rings. The molecule has 0 atom stereocenters. The molecule has 1 aromatic carbocycles. The van der Waals surface area contributed by atoms with Crippen molar-refractivity contribution >= 4 is 11.8 Å². The maximum atomic E-state index is 12.7. The standard InChI is InChI=1S/C14H12F3NS/c1-2-19-13-9-10(14(15,16)17)6-7-11(13)12-5-3-4-8-18-12/h3-9H,2H2,1H3. The molecule has 0 aliphatic heterocycles. The lowest BCUT2D eigenvalue weighted by atomic mass is 10.1. The van der Waals surface area contributed by atoms with Crippen molar-refractivity contribution in [3.05, 3.63) is 48.2 Å². The summed E-state index contributed by atoms with van der Waals surface area (Å²) < 4.78 is 38.2. The minimum absolute atomic E-state index is 0.607. The molecule has 0 spiro atoms. The predicted molar refractivity (Wildman–Crippen MR) is 71.1 cm³/mol. The van der Waals surface area contributed by atoms with Gasteiger partial charge in [0.2, 0.25) is 0 Å². The average molecular weight is 283 g/mol. The van der Waals surface area contributed by atoms with Gasteiger partial charge in [-0.25, -0.2) is 0 Å². The van der Waals surface area contributed by atoms with Crippen LogP contribution >= 0.6 is 11.8 Å². The molecule has 100 valence electrons. The van der Waals surface area contributed by atoms with Gasteiger partial charge in [-0.05, 0) is 30.0 Å². The number of rotatable bonds is 3. The Labute approximate surface area is 113 Å². The van der Waals surface area contributed by atoms with Crippen molar-refractivity contribution in [3.8, 4) is 11.3 Å². The van der Waals surface area contributed by atoms with E-state index in [9.17, 15) is 13.2 Å². The van der Waals surface area contributed by atoms with Crippen LogP contribution in [-0.2, 0) is 6.18 Å². The molecule has 1 aromatic heterocycles. The first-order chi connectivity index (χ1) is 9.02. The summed E-state index contributed by atoms with van der Waals surface area (Å²) in [5.41, 5.74) is 0.802. The van der Waals surface area contributed by atoms with Crippen LogP contribution in [0.4, 0.5) is 13.2 Å². The molecule has 5 heteroatoms. The van der Waals surface area contributed by atoms with Crippen molar-refractivity contribution in [2.24, 2.45) is 0 Å². The average Bonchev–Trinajstić information content (AvgIpc) is 2.39. The second kappa shape index (κ2) is 5.65. The van der Waals surface area contributed by atoms with Crippen LogP contribution in [0.1, 0.15) is 12.5 Å². The first-order valence-corrected chi connectivity index (χ1v) is 6.76. The van der Waals surface area contributed by atoms with E-state index in [0.717, 1.165) is 11.6 Å². The fourth-order valence-electron chi connectivity index (χ4n) is 1.71. The zero-order chi connectivity index (χ0) is 13.9. The minimum Gasteiger partial charge on any atom is -0.256 e.